The van der Waals surface area contributed by atoms with Crippen LogP contribution in [-0.4, -0.2) is 4.98 Å². The smallest absolute Gasteiger partial charge is 0.204 e. The third-order valence-corrected chi connectivity index (χ3v) is 1.60. The summed E-state index contributed by atoms with van der Waals surface area (Å²) in [5.41, 5.74) is 0.551. The molecule has 0 unspecified atom stereocenters. The van der Waals surface area contributed by atoms with Crippen molar-refractivity contribution in [2.45, 2.75) is 0 Å². The van der Waals surface area contributed by atoms with E-state index < -0.39 is 0 Å². The first-order chi connectivity index (χ1) is 5.38. The minimum Gasteiger partial charge on any atom is -0.288 e. The number of fused-ring (bicyclic) bond motifs is 1. The van der Waals surface area contributed by atoms with Gasteiger partial charge in [-0.15, -0.1) is 0 Å². The quantitative estimate of drug-likeness (QED) is 0.558. The number of hydrogen-bond donors (Lipinski definition) is 0. The fourth-order valence-corrected chi connectivity index (χ4v) is 1.08. The fourth-order valence-electron chi connectivity index (χ4n) is 1.08. The van der Waals surface area contributed by atoms with E-state index in [2.05, 4.69) is 4.98 Å². The Morgan fingerprint density at radius 2 is 1.91 bits per heavy atom. The number of nitrogens with zero attached hydrogens (tertiary/aromatic N) is 1. The summed E-state index contributed by atoms with van der Waals surface area (Å²) in [5, 5.41) is 12.0. The summed E-state index contributed by atoms with van der Waals surface area (Å²) < 4.78 is 0. The van der Waals surface area contributed by atoms with Crippen LogP contribution in [0.4, 0.5) is 0 Å². The van der Waals surface area contributed by atoms with Gasteiger partial charge in [-0.05, 0) is 12.1 Å². The summed E-state index contributed by atoms with van der Waals surface area (Å²) in [6.45, 7) is 0. The number of rotatable bonds is 0. The molecule has 1 radical (unpaired) electrons. The van der Waals surface area contributed by atoms with E-state index in [1.54, 1.807) is 12.3 Å². The summed E-state index contributed by atoms with van der Waals surface area (Å²) in [5.74, 6) is -0.0110. The van der Waals surface area contributed by atoms with Crippen molar-refractivity contribution in [1.82, 2.24) is 4.98 Å². The molecular formula is C9H6NO. The van der Waals surface area contributed by atoms with Crippen LogP contribution in [0.5, 0.6) is 5.75 Å². The Hall–Kier alpha value is -1.57. The Kier molecular flexibility index (Phi) is 1.25. The van der Waals surface area contributed by atoms with Crippen molar-refractivity contribution in [3.05, 3.63) is 36.5 Å². The minimum absolute atomic E-state index is 0.0110. The lowest BCUT2D eigenvalue weighted by Crippen LogP contribution is -1.75. The van der Waals surface area contributed by atoms with Crippen molar-refractivity contribution in [1.29, 1.82) is 0 Å². The predicted molar refractivity (Wildman–Crippen MR) is 41.9 cm³/mol. The molecule has 2 nitrogen and oxygen atoms in total. The van der Waals surface area contributed by atoms with Crippen LogP contribution in [0.2, 0.25) is 0 Å². The van der Waals surface area contributed by atoms with Gasteiger partial charge in [0.1, 0.15) is 5.52 Å². The number of benzene rings is 1. The Balaban J connectivity index is 2.91. The minimum atomic E-state index is -0.0110. The first kappa shape index (κ1) is 6.16. The van der Waals surface area contributed by atoms with Crippen LogP contribution in [0.1, 0.15) is 0 Å². The number of pyridine rings is 1. The first-order valence-electron chi connectivity index (χ1n) is 3.39. The molecule has 1 heterocycles. The SMILES string of the molecule is [O]c1cccc2cccnc12. The first-order valence-corrected chi connectivity index (χ1v) is 3.39. The van der Waals surface area contributed by atoms with Crippen molar-refractivity contribution >= 4 is 10.9 Å². The third kappa shape index (κ3) is 0.923. The fraction of sp³-hybridized carbons (Fsp3) is 0. The van der Waals surface area contributed by atoms with Gasteiger partial charge in [-0.2, -0.15) is 0 Å². The zero-order valence-corrected chi connectivity index (χ0v) is 5.82. The van der Waals surface area contributed by atoms with E-state index in [-0.39, 0.29) is 5.75 Å². The van der Waals surface area contributed by atoms with Crippen LogP contribution < -0.4 is 0 Å². The van der Waals surface area contributed by atoms with E-state index >= 15 is 0 Å². The molecule has 0 saturated carbocycles. The third-order valence-electron chi connectivity index (χ3n) is 1.60. The number of para-hydroxylation sites is 1. The molecule has 0 fully saturated rings. The van der Waals surface area contributed by atoms with Crippen LogP contribution in [0.15, 0.2) is 36.5 Å². The zero-order valence-electron chi connectivity index (χ0n) is 5.82. The lowest BCUT2D eigenvalue weighted by molar-refractivity contribution is 0.359. The van der Waals surface area contributed by atoms with Crippen molar-refractivity contribution in [3.8, 4) is 5.75 Å². The molecule has 2 heteroatoms. The van der Waals surface area contributed by atoms with Gasteiger partial charge in [-0.25, -0.2) is 0 Å². The van der Waals surface area contributed by atoms with Gasteiger partial charge in [-0.3, -0.25) is 10.1 Å². The van der Waals surface area contributed by atoms with Crippen LogP contribution in [0.25, 0.3) is 10.9 Å². The summed E-state index contributed by atoms with van der Waals surface area (Å²) in [6.07, 6.45) is 1.63. The summed E-state index contributed by atoms with van der Waals surface area (Å²) in [4.78, 5) is 3.97. The molecule has 11 heavy (non-hydrogen) atoms. The molecule has 0 aliphatic heterocycles. The normalized spacial score (nSPS) is 10.2. The van der Waals surface area contributed by atoms with Crippen molar-refractivity contribution in [3.63, 3.8) is 0 Å². The molecule has 0 saturated heterocycles. The number of hydrogen-bond acceptors (Lipinski definition) is 1. The summed E-state index contributed by atoms with van der Waals surface area (Å²) in [7, 11) is 0. The molecule has 53 valence electrons. The molecule has 2 aromatic rings. The second kappa shape index (κ2) is 2.23. The summed E-state index contributed by atoms with van der Waals surface area (Å²) in [6, 6.07) is 8.84. The Bertz CT molecular complexity index is 379. The van der Waals surface area contributed by atoms with Gasteiger partial charge >= 0.3 is 0 Å². The standard InChI is InChI=1S/C9H6NO/c11-8-5-1-3-7-4-2-6-10-9(7)8/h1-6H. The van der Waals surface area contributed by atoms with E-state index in [9.17, 15) is 5.11 Å². The molecule has 1 aromatic heterocycles. The molecule has 0 aliphatic carbocycles. The molecule has 0 atom stereocenters. The average molecular weight is 144 g/mol. The largest absolute Gasteiger partial charge is 0.288 e. The molecule has 2 rings (SSSR count). The van der Waals surface area contributed by atoms with Crippen molar-refractivity contribution < 1.29 is 5.11 Å². The van der Waals surface area contributed by atoms with Crippen LogP contribution in [0.3, 0.4) is 0 Å². The zero-order chi connectivity index (χ0) is 7.68. The Labute approximate surface area is 64.1 Å². The Morgan fingerprint density at radius 3 is 2.73 bits per heavy atom. The van der Waals surface area contributed by atoms with Crippen molar-refractivity contribution in [2.24, 2.45) is 0 Å². The highest BCUT2D eigenvalue weighted by Crippen LogP contribution is 2.21. The van der Waals surface area contributed by atoms with Gasteiger partial charge in [0.2, 0.25) is 5.75 Å². The molecule has 0 amide bonds. The van der Waals surface area contributed by atoms with Crippen LogP contribution in [0, 0.1) is 0 Å². The second-order valence-corrected chi connectivity index (χ2v) is 2.33. The maximum atomic E-state index is 11.1. The van der Waals surface area contributed by atoms with E-state index in [0.29, 0.717) is 5.52 Å². The molecular weight excluding hydrogens is 138 g/mol. The highest BCUT2D eigenvalue weighted by Gasteiger charge is 1.98. The lowest BCUT2D eigenvalue weighted by Gasteiger charge is -1.94. The second-order valence-electron chi connectivity index (χ2n) is 2.33. The van der Waals surface area contributed by atoms with Gasteiger partial charge in [0.15, 0.2) is 0 Å². The maximum absolute atomic E-state index is 11.1. The van der Waals surface area contributed by atoms with Gasteiger partial charge in [0, 0.05) is 11.6 Å². The molecule has 0 N–H and O–H groups in total. The van der Waals surface area contributed by atoms with Crippen LogP contribution in [-0.2, 0) is 5.11 Å². The molecule has 0 aliphatic rings. The highest BCUT2D eigenvalue weighted by molar-refractivity contribution is 5.83. The summed E-state index contributed by atoms with van der Waals surface area (Å²) >= 11 is 0. The van der Waals surface area contributed by atoms with Crippen molar-refractivity contribution in [2.75, 3.05) is 0 Å². The Morgan fingerprint density at radius 1 is 1.09 bits per heavy atom. The van der Waals surface area contributed by atoms with Gasteiger partial charge in [0.25, 0.3) is 0 Å². The van der Waals surface area contributed by atoms with E-state index in [4.69, 9.17) is 0 Å². The monoisotopic (exact) mass is 144 g/mol. The van der Waals surface area contributed by atoms with Gasteiger partial charge in [0.05, 0.1) is 0 Å². The average Bonchev–Trinajstić information content (AvgIpc) is 2.06. The molecule has 0 bridgehead atoms. The number of aromatic nitrogens is 1. The lowest BCUT2D eigenvalue weighted by atomic mass is 10.2. The van der Waals surface area contributed by atoms with Gasteiger partial charge < -0.3 is 0 Å². The molecule has 1 aromatic carbocycles. The maximum Gasteiger partial charge on any atom is 0.204 e. The van der Waals surface area contributed by atoms with E-state index in [1.165, 1.54) is 6.07 Å². The predicted octanol–water partition coefficient (Wildman–Crippen LogP) is 2.38. The van der Waals surface area contributed by atoms with E-state index in [0.717, 1.165) is 5.39 Å². The van der Waals surface area contributed by atoms with Gasteiger partial charge in [-0.1, -0.05) is 18.2 Å². The topological polar surface area (TPSA) is 32.8 Å². The highest BCUT2D eigenvalue weighted by atomic mass is 16.3. The molecule has 0 spiro atoms. The van der Waals surface area contributed by atoms with E-state index in [1.807, 2.05) is 18.2 Å². The van der Waals surface area contributed by atoms with Crippen LogP contribution >= 0.6 is 0 Å².